The van der Waals surface area contributed by atoms with Gasteiger partial charge in [0.15, 0.2) is 0 Å². The van der Waals surface area contributed by atoms with E-state index < -0.39 is 0 Å². The summed E-state index contributed by atoms with van der Waals surface area (Å²) in [7, 11) is 1.63. The summed E-state index contributed by atoms with van der Waals surface area (Å²) in [5.74, 6) is -0.142. The molecule has 0 bridgehead atoms. The highest BCUT2D eigenvalue weighted by Crippen LogP contribution is 2.27. The van der Waals surface area contributed by atoms with Crippen LogP contribution in [0.4, 0.5) is 0 Å². The zero-order valence-corrected chi connectivity index (χ0v) is 14.3. The molecule has 1 aromatic heterocycles. The van der Waals surface area contributed by atoms with Crippen molar-refractivity contribution in [3.05, 3.63) is 40.4 Å². The third-order valence-electron chi connectivity index (χ3n) is 3.55. The Balaban J connectivity index is 2.15. The number of nitrogens with zero attached hydrogens (tertiary/aromatic N) is 1. The SMILES string of the molecule is CCC(COC)NC(=O)c1csc(-c2ccc(C)cc2C)n1. The maximum absolute atomic E-state index is 12.2. The molecule has 5 heteroatoms. The molecule has 1 N–H and O–H groups in total. The van der Waals surface area contributed by atoms with Gasteiger partial charge in [-0.15, -0.1) is 11.3 Å². The number of carbonyl (C=O) groups excluding carboxylic acids is 1. The molecular weight excluding hydrogens is 296 g/mol. The lowest BCUT2D eigenvalue weighted by molar-refractivity contribution is 0.0890. The summed E-state index contributed by atoms with van der Waals surface area (Å²) in [4.78, 5) is 16.7. The predicted molar refractivity (Wildman–Crippen MR) is 90.4 cm³/mol. The van der Waals surface area contributed by atoms with Gasteiger partial charge in [-0.3, -0.25) is 4.79 Å². The van der Waals surface area contributed by atoms with Crippen molar-refractivity contribution < 1.29 is 9.53 Å². The number of benzene rings is 1. The number of rotatable bonds is 6. The van der Waals surface area contributed by atoms with Gasteiger partial charge in [0.25, 0.3) is 5.91 Å². The van der Waals surface area contributed by atoms with Crippen molar-refractivity contribution in [2.24, 2.45) is 0 Å². The molecule has 0 aliphatic rings. The fourth-order valence-electron chi connectivity index (χ4n) is 2.28. The van der Waals surface area contributed by atoms with Gasteiger partial charge in [0.05, 0.1) is 12.6 Å². The molecular formula is C17H22N2O2S. The van der Waals surface area contributed by atoms with Crippen molar-refractivity contribution in [1.29, 1.82) is 0 Å². The zero-order chi connectivity index (χ0) is 16.1. The lowest BCUT2D eigenvalue weighted by Crippen LogP contribution is -2.37. The highest BCUT2D eigenvalue weighted by atomic mass is 32.1. The van der Waals surface area contributed by atoms with Crippen LogP contribution in [0.5, 0.6) is 0 Å². The van der Waals surface area contributed by atoms with Crippen LogP contribution in [0.2, 0.25) is 0 Å². The molecule has 0 aliphatic heterocycles. The summed E-state index contributed by atoms with van der Waals surface area (Å²) >= 11 is 1.50. The van der Waals surface area contributed by atoms with Crippen molar-refractivity contribution in [3.63, 3.8) is 0 Å². The van der Waals surface area contributed by atoms with Crippen molar-refractivity contribution in [2.45, 2.75) is 33.2 Å². The van der Waals surface area contributed by atoms with Crippen molar-refractivity contribution in [1.82, 2.24) is 10.3 Å². The summed E-state index contributed by atoms with van der Waals surface area (Å²) in [6.45, 7) is 6.66. The Kier molecular flexibility index (Phi) is 5.69. The number of aromatic nitrogens is 1. The first kappa shape index (κ1) is 16.6. The molecule has 1 heterocycles. The van der Waals surface area contributed by atoms with E-state index >= 15 is 0 Å². The smallest absolute Gasteiger partial charge is 0.271 e. The average molecular weight is 318 g/mol. The molecule has 1 atom stereocenters. The quantitative estimate of drug-likeness (QED) is 0.885. The Morgan fingerprint density at radius 1 is 1.41 bits per heavy atom. The van der Waals surface area contributed by atoms with Crippen LogP contribution in [0.15, 0.2) is 23.6 Å². The minimum atomic E-state index is -0.142. The van der Waals surface area contributed by atoms with Crippen molar-refractivity contribution in [2.75, 3.05) is 13.7 Å². The number of amides is 1. The lowest BCUT2D eigenvalue weighted by atomic mass is 10.1. The highest BCUT2D eigenvalue weighted by Gasteiger charge is 2.16. The molecule has 1 aromatic carbocycles. The molecule has 0 radical (unpaired) electrons. The largest absolute Gasteiger partial charge is 0.383 e. The normalized spacial score (nSPS) is 12.2. The van der Waals surface area contributed by atoms with E-state index in [1.807, 2.05) is 12.3 Å². The van der Waals surface area contributed by atoms with Gasteiger partial charge in [-0.1, -0.05) is 30.7 Å². The molecule has 2 aromatic rings. The van der Waals surface area contributed by atoms with Crippen molar-refractivity contribution >= 4 is 17.2 Å². The van der Waals surface area contributed by atoms with Gasteiger partial charge in [0.1, 0.15) is 10.7 Å². The monoisotopic (exact) mass is 318 g/mol. The molecule has 0 fully saturated rings. The van der Waals surface area contributed by atoms with Gasteiger partial charge in [-0.05, 0) is 25.8 Å². The summed E-state index contributed by atoms with van der Waals surface area (Å²) in [5.41, 5.74) is 3.95. The number of thiazole rings is 1. The lowest BCUT2D eigenvalue weighted by Gasteiger charge is -2.14. The Bertz CT molecular complexity index is 652. The second-order valence-electron chi connectivity index (χ2n) is 5.39. The highest BCUT2D eigenvalue weighted by molar-refractivity contribution is 7.13. The van der Waals surface area contributed by atoms with Crippen molar-refractivity contribution in [3.8, 4) is 10.6 Å². The molecule has 1 amide bonds. The number of carbonyl (C=O) groups is 1. The first-order valence-electron chi connectivity index (χ1n) is 7.38. The zero-order valence-electron chi connectivity index (χ0n) is 13.5. The van der Waals surface area contributed by atoms with E-state index in [1.165, 1.54) is 22.5 Å². The molecule has 118 valence electrons. The van der Waals surface area contributed by atoms with Gasteiger partial charge in [0, 0.05) is 18.1 Å². The van der Waals surface area contributed by atoms with Crippen LogP contribution in [0, 0.1) is 13.8 Å². The molecule has 2 rings (SSSR count). The van der Waals surface area contributed by atoms with Gasteiger partial charge in [-0.2, -0.15) is 0 Å². The van der Waals surface area contributed by atoms with Gasteiger partial charge in [-0.25, -0.2) is 4.98 Å². The van der Waals surface area contributed by atoms with Gasteiger partial charge in [0.2, 0.25) is 0 Å². The number of aryl methyl sites for hydroxylation is 2. The molecule has 0 saturated heterocycles. The third-order valence-corrected chi connectivity index (χ3v) is 4.42. The van der Waals surface area contributed by atoms with E-state index in [2.05, 4.69) is 42.3 Å². The van der Waals surface area contributed by atoms with Gasteiger partial charge >= 0.3 is 0 Å². The number of methoxy groups -OCH3 is 1. The second kappa shape index (κ2) is 7.51. The molecule has 0 spiro atoms. The van der Waals surface area contributed by atoms with Crippen LogP contribution in [0.1, 0.15) is 35.0 Å². The predicted octanol–water partition coefficient (Wildman–Crippen LogP) is 3.58. The van der Waals surface area contributed by atoms with Crippen LogP contribution in [-0.2, 0) is 4.74 Å². The fourth-order valence-corrected chi connectivity index (χ4v) is 3.17. The van der Waals surface area contributed by atoms with E-state index in [1.54, 1.807) is 7.11 Å². The average Bonchev–Trinajstić information content (AvgIpc) is 2.96. The standard InChI is InChI=1S/C17H22N2O2S/c1-5-13(9-21-4)18-16(20)15-10-22-17(19-15)14-7-6-11(2)8-12(14)3/h6-8,10,13H,5,9H2,1-4H3,(H,18,20). The van der Waals surface area contributed by atoms with E-state index in [4.69, 9.17) is 4.74 Å². The maximum atomic E-state index is 12.2. The van der Waals surface area contributed by atoms with E-state index in [9.17, 15) is 4.79 Å². The Labute approximate surface area is 135 Å². The van der Waals surface area contributed by atoms with Crippen LogP contribution >= 0.6 is 11.3 Å². The Morgan fingerprint density at radius 2 is 2.18 bits per heavy atom. The minimum Gasteiger partial charge on any atom is -0.383 e. The van der Waals surface area contributed by atoms with E-state index in [0.717, 1.165) is 17.0 Å². The van der Waals surface area contributed by atoms with Crippen LogP contribution in [0.3, 0.4) is 0 Å². The second-order valence-corrected chi connectivity index (χ2v) is 6.25. The number of ether oxygens (including phenoxy) is 1. The Morgan fingerprint density at radius 3 is 2.82 bits per heavy atom. The Hall–Kier alpha value is -1.72. The summed E-state index contributed by atoms with van der Waals surface area (Å²) in [6.07, 6.45) is 0.827. The molecule has 22 heavy (non-hydrogen) atoms. The van der Waals surface area contributed by atoms with E-state index in [-0.39, 0.29) is 11.9 Å². The third kappa shape index (κ3) is 3.93. The summed E-state index contributed by atoms with van der Waals surface area (Å²) in [6, 6.07) is 6.27. The molecule has 1 unspecified atom stereocenters. The van der Waals surface area contributed by atoms with Crippen LogP contribution < -0.4 is 5.32 Å². The summed E-state index contributed by atoms with van der Waals surface area (Å²) < 4.78 is 5.10. The molecule has 0 saturated carbocycles. The maximum Gasteiger partial charge on any atom is 0.271 e. The molecule has 4 nitrogen and oxygen atoms in total. The number of hydrogen-bond acceptors (Lipinski definition) is 4. The molecule has 0 aliphatic carbocycles. The first-order valence-corrected chi connectivity index (χ1v) is 8.26. The first-order chi connectivity index (χ1) is 10.5. The van der Waals surface area contributed by atoms with E-state index in [0.29, 0.717) is 12.3 Å². The van der Waals surface area contributed by atoms with Crippen LogP contribution in [-0.4, -0.2) is 30.6 Å². The fraction of sp³-hybridized carbons (Fsp3) is 0.412. The minimum absolute atomic E-state index is 0.0174. The summed E-state index contributed by atoms with van der Waals surface area (Å²) in [5, 5.41) is 5.64. The number of hydrogen-bond donors (Lipinski definition) is 1. The van der Waals surface area contributed by atoms with Crippen LogP contribution in [0.25, 0.3) is 10.6 Å². The van der Waals surface area contributed by atoms with Gasteiger partial charge < -0.3 is 10.1 Å². The topological polar surface area (TPSA) is 51.2 Å². The number of nitrogens with one attached hydrogen (secondary N) is 1.